The van der Waals surface area contributed by atoms with Gasteiger partial charge in [-0.05, 0) is 30.6 Å². The first-order chi connectivity index (χ1) is 5.50. The number of rotatable bonds is 0. The Labute approximate surface area is 77.1 Å². The Morgan fingerprint density at radius 2 is 1.92 bits per heavy atom. The fraction of sp³-hybridized carbons (Fsp3) is 0.833. The number of hydrogen-bond acceptors (Lipinski definition) is 0. The molecule has 0 saturated heterocycles. The van der Waals surface area contributed by atoms with E-state index >= 15 is 0 Å². The van der Waals surface area contributed by atoms with E-state index in [4.69, 9.17) is 0 Å². The van der Waals surface area contributed by atoms with Gasteiger partial charge in [-0.15, -0.1) is 0 Å². The van der Waals surface area contributed by atoms with Crippen LogP contribution < -0.4 is 0 Å². The van der Waals surface area contributed by atoms with Gasteiger partial charge < -0.3 is 0 Å². The lowest BCUT2D eigenvalue weighted by Crippen LogP contribution is -2.09. The maximum Gasteiger partial charge on any atom is -0.0173 e. The summed E-state index contributed by atoms with van der Waals surface area (Å²) in [6, 6.07) is 0. The average molecular weight is 166 g/mol. The van der Waals surface area contributed by atoms with E-state index in [2.05, 4.69) is 33.8 Å². The van der Waals surface area contributed by atoms with Crippen molar-refractivity contribution in [2.45, 2.75) is 53.4 Å². The van der Waals surface area contributed by atoms with Crippen molar-refractivity contribution in [2.24, 2.45) is 11.3 Å². The first kappa shape index (κ1) is 9.83. The monoisotopic (exact) mass is 166 g/mol. The average Bonchev–Trinajstić information content (AvgIpc) is 2.11. The Morgan fingerprint density at radius 1 is 1.25 bits per heavy atom. The Morgan fingerprint density at radius 3 is 2.50 bits per heavy atom. The van der Waals surface area contributed by atoms with Gasteiger partial charge in [0, 0.05) is 0 Å². The lowest BCUT2D eigenvalue weighted by atomic mass is 9.83. The second-order valence-corrected chi connectivity index (χ2v) is 5.16. The zero-order valence-corrected chi connectivity index (χ0v) is 8.98. The molecule has 0 aromatic heterocycles. The van der Waals surface area contributed by atoms with Crippen molar-refractivity contribution in [3.05, 3.63) is 11.6 Å². The number of hydrogen-bond donors (Lipinski definition) is 0. The Bertz CT molecular complexity index is 169. The standard InChI is InChI=1S/C12H22/c1-10-7-5-6-8-11(9-10)12(2,3)4/h9-10H,5-8H2,1-4H3. The molecule has 0 fully saturated rings. The minimum atomic E-state index is 0.401. The third-order valence-corrected chi connectivity index (χ3v) is 2.80. The highest BCUT2D eigenvalue weighted by molar-refractivity contribution is 5.13. The quantitative estimate of drug-likeness (QED) is 0.474. The van der Waals surface area contributed by atoms with Crippen LogP contribution in [0.3, 0.4) is 0 Å². The smallest absolute Gasteiger partial charge is 0.0173 e. The first-order valence-electron chi connectivity index (χ1n) is 5.21. The van der Waals surface area contributed by atoms with Crippen LogP contribution >= 0.6 is 0 Å². The summed E-state index contributed by atoms with van der Waals surface area (Å²) in [6.07, 6.45) is 8.03. The van der Waals surface area contributed by atoms with E-state index in [9.17, 15) is 0 Å². The molecule has 1 unspecified atom stereocenters. The molecule has 0 saturated carbocycles. The summed E-state index contributed by atoms with van der Waals surface area (Å²) in [5.41, 5.74) is 2.08. The SMILES string of the molecule is CC1C=C(C(C)(C)C)CCCC1. The minimum absolute atomic E-state index is 0.401. The summed E-state index contributed by atoms with van der Waals surface area (Å²) >= 11 is 0. The van der Waals surface area contributed by atoms with E-state index in [-0.39, 0.29) is 0 Å². The molecule has 0 aliphatic heterocycles. The maximum absolute atomic E-state index is 2.51. The van der Waals surface area contributed by atoms with Gasteiger partial charge in [-0.1, -0.05) is 45.8 Å². The summed E-state index contributed by atoms with van der Waals surface area (Å²) < 4.78 is 0. The molecule has 0 N–H and O–H groups in total. The van der Waals surface area contributed by atoms with E-state index in [1.165, 1.54) is 25.7 Å². The molecule has 0 bridgehead atoms. The summed E-state index contributed by atoms with van der Waals surface area (Å²) in [5.74, 6) is 0.807. The molecule has 12 heavy (non-hydrogen) atoms. The molecule has 1 aliphatic carbocycles. The first-order valence-corrected chi connectivity index (χ1v) is 5.21. The van der Waals surface area contributed by atoms with Gasteiger partial charge in [0.25, 0.3) is 0 Å². The van der Waals surface area contributed by atoms with Gasteiger partial charge in [0.05, 0.1) is 0 Å². The third-order valence-electron chi connectivity index (χ3n) is 2.80. The minimum Gasteiger partial charge on any atom is -0.0820 e. The molecule has 0 heterocycles. The van der Waals surface area contributed by atoms with Gasteiger partial charge in [-0.2, -0.15) is 0 Å². The van der Waals surface area contributed by atoms with Crippen LogP contribution in [0.4, 0.5) is 0 Å². The summed E-state index contributed by atoms with van der Waals surface area (Å²) in [6.45, 7) is 9.34. The fourth-order valence-corrected chi connectivity index (χ4v) is 1.92. The van der Waals surface area contributed by atoms with Crippen LogP contribution in [0, 0.1) is 11.3 Å². The molecule has 0 heteroatoms. The van der Waals surface area contributed by atoms with Crippen LogP contribution in [0.15, 0.2) is 11.6 Å². The highest BCUT2D eigenvalue weighted by Gasteiger charge is 2.19. The van der Waals surface area contributed by atoms with E-state index in [1.807, 2.05) is 0 Å². The largest absolute Gasteiger partial charge is 0.0820 e. The zero-order chi connectivity index (χ0) is 9.19. The van der Waals surface area contributed by atoms with Gasteiger partial charge in [0.15, 0.2) is 0 Å². The maximum atomic E-state index is 2.51. The van der Waals surface area contributed by atoms with E-state index < -0.39 is 0 Å². The molecule has 0 aromatic carbocycles. The molecular weight excluding hydrogens is 144 g/mol. The highest BCUT2D eigenvalue weighted by atomic mass is 14.2. The van der Waals surface area contributed by atoms with Crippen LogP contribution in [-0.4, -0.2) is 0 Å². The Hall–Kier alpha value is -0.260. The normalized spacial score (nSPS) is 26.3. The number of allylic oxidation sites excluding steroid dienone is 2. The van der Waals surface area contributed by atoms with Crippen molar-refractivity contribution in [1.29, 1.82) is 0 Å². The molecule has 0 spiro atoms. The second kappa shape index (κ2) is 3.64. The summed E-state index contributed by atoms with van der Waals surface area (Å²) in [7, 11) is 0. The van der Waals surface area contributed by atoms with Crippen molar-refractivity contribution in [1.82, 2.24) is 0 Å². The van der Waals surface area contributed by atoms with Crippen molar-refractivity contribution >= 4 is 0 Å². The van der Waals surface area contributed by atoms with Gasteiger partial charge in [-0.3, -0.25) is 0 Å². The van der Waals surface area contributed by atoms with Gasteiger partial charge >= 0.3 is 0 Å². The van der Waals surface area contributed by atoms with Gasteiger partial charge in [0.1, 0.15) is 0 Å². The van der Waals surface area contributed by atoms with Gasteiger partial charge in [0.2, 0.25) is 0 Å². The summed E-state index contributed by atoms with van der Waals surface area (Å²) in [5, 5.41) is 0. The van der Waals surface area contributed by atoms with Crippen LogP contribution in [0.1, 0.15) is 53.4 Å². The van der Waals surface area contributed by atoms with E-state index in [0.717, 1.165) is 5.92 Å². The lowest BCUT2D eigenvalue weighted by Gasteiger charge is -2.23. The predicted molar refractivity (Wildman–Crippen MR) is 55.2 cm³/mol. The summed E-state index contributed by atoms with van der Waals surface area (Å²) in [4.78, 5) is 0. The van der Waals surface area contributed by atoms with E-state index in [0.29, 0.717) is 5.41 Å². The predicted octanol–water partition coefficient (Wildman–Crippen LogP) is 4.17. The van der Waals surface area contributed by atoms with Crippen molar-refractivity contribution in [3.8, 4) is 0 Å². The van der Waals surface area contributed by atoms with Crippen molar-refractivity contribution < 1.29 is 0 Å². The van der Waals surface area contributed by atoms with Crippen LogP contribution in [-0.2, 0) is 0 Å². The topological polar surface area (TPSA) is 0 Å². The molecule has 70 valence electrons. The highest BCUT2D eigenvalue weighted by Crippen LogP contribution is 2.33. The van der Waals surface area contributed by atoms with Gasteiger partial charge in [-0.25, -0.2) is 0 Å². The fourth-order valence-electron chi connectivity index (χ4n) is 1.92. The third kappa shape index (κ3) is 2.66. The molecule has 1 aliphatic rings. The zero-order valence-electron chi connectivity index (χ0n) is 8.98. The van der Waals surface area contributed by atoms with Crippen molar-refractivity contribution in [3.63, 3.8) is 0 Å². The molecule has 0 aromatic rings. The second-order valence-electron chi connectivity index (χ2n) is 5.16. The molecular formula is C12H22. The Balaban J connectivity index is 2.73. The molecule has 0 amide bonds. The molecule has 1 atom stereocenters. The molecule has 0 radical (unpaired) electrons. The van der Waals surface area contributed by atoms with Crippen LogP contribution in [0.2, 0.25) is 0 Å². The Kier molecular flexibility index (Phi) is 2.98. The molecule has 0 nitrogen and oxygen atoms in total. The van der Waals surface area contributed by atoms with Crippen LogP contribution in [0.5, 0.6) is 0 Å². The van der Waals surface area contributed by atoms with E-state index in [1.54, 1.807) is 5.57 Å². The lowest BCUT2D eigenvalue weighted by molar-refractivity contribution is 0.477. The van der Waals surface area contributed by atoms with Crippen molar-refractivity contribution in [2.75, 3.05) is 0 Å². The molecule has 1 rings (SSSR count). The van der Waals surface area contributed by atoms with Crippen LogP contribution in [0.25, 0.3) is 0 Å².